The van der Waals surface area contributed by atoms with Crippen molar-refractivity contribution >= 4 is 38.7 Å². The number of nitrogens with zero attached hydrogens (tertiary/aromatic N) is 3. The normalized spacial score (nSPS) is 20.5. The van der Waals surface area contributed by atoms with Crippen LogP contribution in [-0.2, 0) is 13.0 Å². The molecule has 3 nitrogen and oxygen atoms in total. The van der Waals surface area contributed by atoms with Gasteiger partial charge in [0.2, 0.25) is 0 Å². The van der Waals surface area contributed by atoms with E-state index in [1.165, 1.54) is 25.7 Å². The second kappa shape index (κ2) is 4.70. The van der Waals surface area contributed by atoms with Crippen LogP contribution < -0.4 is 0 Å². The number of pyridine rings is 1. The van der Waals surface area contributed by atoms with Gasteiger partial charge in [-0.05, 0) is 59.0 Å². The number of halogens is 2. The maximum atomic E-state index is 5.95. The first-order valence-electron chi connectivity index (χ1n) is 7.28. The highest BCUT2D eigenvalue weighted by molar-refractivity contribution is 9.10. The van der Waals surface area contributed by atoms with Gasteiger partial charge in [0.05, 0.1) is 0 Å². The number of aryl methyl sites for hydroxylation is 1. The van der Waals surface area contributed by atoms with Crippen molar-refractivity contribution < 1.29 is 0 Å². The summed E-state index contributed by atoms with van der Waals surface area (Å²) in [6.45, 7) is 1.08. The summed E-state index contributed by atoms with van der Waals surface area (Å²) in [7, 11) is 0. The lowest BCUT2D eigenvalue weighted by Gasteiger charge is -2.17. The van der Waals surface area contributed by atoms with Crippen LogP contribution in [0.1, 0.15) is 31.5 Å². The SMILES string of the molecule is ClCCc1nc2cc(Br)cnc2n1CC1(C2CC2)CC1. The lowest BCUT2D eigenvalue weighted by Crippen LogP contribution is -2.16. The van der Waals surface area contributed by atoms with E-state index >= 15 is 0 Å². The van der Waals surface area contributed by atoms with Crippen LogP contribution in [0.25, 0.3) is 11.2 Å². The Morgan fingerprint density at radius 1 is 1.40 bits per heavy atom. The van der Waals surface area contributed by atoms with Crippen LogP contribution in [-0.4, -0.2) is 20.4 Å². The minimum Gasteiger partial charge on any atom is -0.312 e. The summed E-state index contributed by atoms with van der Waals surface area (Å²) >= 11 is 9.42. The van der Waals surface area contributed by atoms with Crippen molar-refractivity contribution in [2.75, 3.05) is 5.88 Å². The molecule has 0 atom stereocenters. The fourth-order valence-corrected chi connectivity index (χ4v) is 3.83. The number of fused-ring (bicyclic) bond motifs is 1. The minimum absolute atomic E-state index is 0.545. The number of imidazole rings is 1. The van der Waals surface area contributed by atoms with E-state index in [0.717, 1.165) is 40.3 Å². The van der Waals surface area contributed by atoms with E-state index in [-0.39, 0.29) is 0 Å². The summed E-state index contributed by atoms with van der Waals surface area (Å²) in [5.74, 6) is 2.65. The second-order valence-electron chi connectivity index (χ2n) is 6.19. The first-order valence-corrected chi connectivity index (χ1v) is 8.61. The second-order valence-corrected chi connectivity index (χ2v) is 7.48. The number of hydrogen-bond acceptors (Lipinski definition) is 2. The molecule has 2 aromatic heterocycles. The van der Waals surface area contributed by atoms with Crippen LogP contribution in [0.2, 0.25) is 0 Å². The van der Waals surface area contributed by atoms with E-state index in [2.05, 4.69) is 25.5 Å². The third kappa shape index (κ3) is 2.17. The quantitative estimate of drug-likeness (QED) is 0.755. The fraction of sp³-hybridized carbons (Fsp3) is 0.600. The third-order valence-corrected chi connectivity index (χ3v) is 5.38. The summed E-state index contributed by atoms with van der Waals surface area (Å²) in [4.78, 5) is 9.33. The molecule has 20 heavy (non-hydrogen) atoms. The zero-order valence-corrected chi connectivity index (χ0v) is 13.6. The maximum Gasteiger partial charge on any atom is 0.160 e. The highest BCUT2D eigenvalue weighted by Crippen LogP contribution is 2.62. The van der Waals surface area contributed by atoms with Crippen molar-refractivity contribution in [1.29, 1.82) is 0 Å². The fourth-order valence-electron chi connectivity index (χ4n) is 3.34. The van der Waals surface area contributed by atoms with Gasteiger partial charge in [0.1, 0.15) is 11.3 Å². The summed E-state index contributed by atoms with van der Waals surface area (Å²) in [5, 5.41) is 0. The first kappa shape index (κ1) is 13.1. The van der Waals surface area contributed by atoms with E-state index < -0.39 is 0 Å². The molecule has 0 spiro atoms. The zero-order valence-electron chi connectivity index (χ0n) is 11.3. The Morgan fingerprint density at radius 3 is 2.85 bits per heavy atom. The van der Waals surface area contributed by atoms with E-state index in [0.29, 0.717) is 11.3 Å². The Balaban J connectivity index is 1.76. The Bertz CT molecular complexity index is 658. The molecule has 0 aromatic carbocycles. The Kier molecular flexibility index (Phi) is 3.08. The van der Waals surface area contributed by atoms with Gasteiger partial charge in [-0.2, -0.15) is 0 Å². The molecule has 0 N–H and O–H groups in total. The lowest BCUT2D eigenvalue weighted by molar-refractivity contribution is 0.368. The summed E-state index contributed by atoms with van der Waals surface area (Å²) in [6.07, 6.45) is 8.24. The molecule has 2 aliphatic rings. The molecule has 0 amide bonds. The van der Waals surface area contributed by atoms with Gasteiger partial charge in [-0.1, -0.05) is 0 Å². The van der Waals surface area contributed by atoms with Crippen LogP contribution in [0, 0.1) is 11.3 Å². The minimum atomic E-state index is 0.545. The Labute approximate surface area is 131 Å². The number of alkyl halides is 1. The molecular weight excluding hydrogens is 338 g/mol. The van der Waals surface area contributed by atoms with E-state index in [4.69, 9.17) is 16.6 Å². The highest BCUT2D eigenvalue weighted by Gasteiger charge is 2.54. The molecule has 2 fully saturated rings. The molecular formula is C15H17BrClN3. The molecule has 4 rings (SSSR count). The third-order valence-electron chi connectivity index (χ3n) is 4.76. The molecule has 5 heteroatoms. The van der Waals surface area contributed by atoms with Crippen molar-refractivity contribution in [1.82, 2.24) is 14.5 Å². The van der Waals surface area contributed by atoms with Gasteiger partial charge in [-0.3, -0.25) is 0 Å². The number of aromatic nitrogens is 3. The largest absolute Gasteiger partial charge is 0.312 e. The summed E-state index contributed by atoms with van der Waals surface area (Å²) in [5.41, 5.74) is 2.54. The van der Waals surface area contributed by atoms with Crippen molar-refractivity contribution in [3.8, 4) is 0 Å². The number of hydrogen-bond donors (Lipinski definition) is 0. The molecule has 0 bridgehead atoms. The van der Waals surface area contributed by atoms with Crippen molar-refractivity contribution in [3.63, 3.8) is 0 Å². The Hall–Kier alpha value is -0.610. The summed E-state index contributed by atoms with van der Waals surface area (Å²) < 4.78 is 3.31. The van der Waals surface area contributed by atoms with Crippen LogP contribution in [0.15, 0.2) is 16.7 Å². The maximum absolute atomic E-state index is 5.95. The van der Waals surface area contributed by atoms with Crippen LogP contribution in [0.5, 0.6) is 0 Å². The first-order chi connectivity index (χ1) is 9.72. The molecule has 106 valence electrons. The Morgan fingerprint density at radius 2 is 2.20 bits per heavy atom. The molecule has 0 radical (unpaired) electrons. The van der Waals surface area contributed by atoms with E-state index in [9.17, 15) is 0 Å². The number of rotatable bonds is 5. The van der Waals surface area contributed by atoms with Crippen molar-refractivity contribution in [2.45, 2.75) is 38.6 Å². The molecule has 0 unspecified atom stereocenters. The topological polar surface area (TPSA) is 30.7 Å². The van der Waals surface area contributed by atoms with E-state index in [1.54, 1.807) is 0 Å². The standard InChI is InChI=1S/C15H17BrClN3/c16-11-7-12-14(18-8-11)20(13(19-12)3-6-17)9-15(4-5-15)10-1-2-10/h7-8,10H,1-6,9H2. The van der Waals surface area contributed by atoms with Gasteiger partial charge in [0.15, 0.2) is 5.65 Å². The van der Waals surface area contributed by atoms with Crippen molar-refractivity contribution in [2.24, 2.45) is 11.3 Å². The van der Waals surface area contributed by atoms with Gasteiger partial charge in [0.25, 0.3) is 0 Å². The molecule has 2 heterocycles. The molecule has 0 aliphatic heterocycles. The smallest absolute Gasteiger partial charge is 0.160 e. The molecule has 2 saturated carbocycles. The van der Waals surface area contributed by atoms with Crippen LogP contribution >= 0.6 is 27.5 Å². The van der Waals surface area contributed by atoms with E-state index in [1.807, 2.05) is 12.3 Å². The lowest BCUT2D eigenvalue weighted by atomic mass is 10.0. The van der Waals surface area contributed by atoms with Gasteiger partial charge in [0, 0.05) is 29.5 Å². The van der Waals surface area contributed by atoms with Crippen LogP contribution in [0.4, 0.5) is 0 Å². The molecule has 0 saturated heterocycles. The van der Waals surface area contributed by atoms with Gasteiger partial charge in [-0.25, -0.2) is 9.97 Å². The average Bonchev–Trinajstić information content (AvgIpc) is 3.30. The predicted octanol–water partition coefficient (Wildman–Crippen LogP) is 4.17. The van der Waals surface area contributed by atoms with Crippen LogP contribution in [0.3, 0.4) is 0 Å². The molecule has 2 aliphatic carbocycles. The van der Waals surface area contributed by atoms with Gasteiger partial charge >= 0.3 is 0 Å². The highest BCUT2D eigenvalue weighted by atomic mass is 79.9. The van der Waals surface area contributed by atoms with Crippen molar-refractivity contribution in [3.05, 3.63) is 22.6 Å². The monoisotopic (exact) mass is 353 g/mol. The predicted molar refractivity (Wildman–Crippen MR) is 84.0 cm³/mol. The molecule has 2 aromatic rings. The average molecular weight is 355 g/mol. The summed E-state index contributed by atoms with van der Waals surface area (Å²) in [6, 6.07) is 2.05. The zero-order chi connectivity index (χ0) is 13.7. The van der Waals surface area contributed by atoms with Gasteiger partial charge < -0.3 is 4.57 Å². The van der Waals surface area contributed by atoms with Gasteiger partial charge in [-0.15, -0.1) is 11.6 Å².